The van der Waals surface area contributed by atoms with Crippen LogP contribution in [-0.4, -0.2) is 26.4 Å². The van der Waals surface area contributed by atoms with E-state index in [1.54, 1.807) is 12.1 Å². The minimum atomic E-state index is -0.285. The summed E-state index contributed by atoms with van der Waals surface area (Å²) in [5.41, 5.74) is 2.05. The van der Waals surface area contributed by atoms with Crippen molar-refractivity contribution in [2.24, 2.45) is 0 Å². The molecule has 0 bridgehead atoms. The number of amides is 1. The Kier molecular flexibility index (Phi) is 5.94. The van der Waals surface area contributed by atoms with Crippen molar-refractivity contribution in [2.75, 3.05) is 5.75 Å². The summed E-state index contributed by atoms with van der Waals surface area (Å²) >= 11 is 1.40. The highest BCUT2D eigenvalue weighted by Crippen LogP contribution is 2.40. The van der Waals surface area contributed by atoms with Crippen LogP contribution in [0.15, 0.2) is 59.8 Å². The van der Waals surface area contributed by atoms with E-state index in [0.717, 1.165) is 29.4 Å². The zero-order valence-corrected chi connectivity index (χ0v) is 17.0. The van der Waals surface area contributed by atoms with E-state index in [0.29, 0.717) is 12.5 Å². The third-order valence-electron chi connectivity index (χ3n) is 4.95. The predicted octanol–water partition coefficient (Wildman–Crippen LogP) is 4.31. The number of hydrogen-bond acceptors (Lipinski definition) is 4. The zero-order chi connectivity index (χ0) is 20.2. The summed E-state index contributed by atoms with van der Waals surface area (Å²) in [5, 5.41) is 12.5. The monoisotopic (exact) mass is 410 g/mol. The van der Waals surface area contributed by atoms with Gasteiger partial charge in [-0.3, -0.25) is 4.79 Å². The maximum atomic E-state index is 13.1. The van der Waals surface area contributed by atoms with Crippen LogP contribution in [0.2, 0.25) is 0 Å². The molecule has 0 spiro atoms. The van der Waals surface area contributed by atoms with E-state index >= 15 is 0 Å². The van der Waals surface area contributed by atoms with Crippen molar-refractivity contribution in [3.63, 3.8) is 0 Å². The first-order chi connectivity index (χ1) is 14.1. The number of carbonyl (C=O) groups excluding carboxylic acids is 1. The van der Waals surface area contributed by atoms with Crippen LogP contribution >= 0.6 is 11.8 Å². The van der Waals surface area contributed by atoms with Gasteiger partial charge in [0, 0.05) is 5.92 Å². The molecule has 1 atom stereocenters. The van der Waals surface area contributed by atoms with Gasteiger partial charge in [0.15, 0.2) is 5.16 Å². The fourth-order valence-corrected chi connectivity index (χ4v) is 3.97. The average molecular weight is 411 g/mol. The Morgan fingerprint density at radius 3 is 2.59 bits per heavy atom. The van der Waals surface area contributed by atoms with Gasteiger partial charge in [-0.15, -0.1) is 10.2 Å². The van der Waals surface area contributed by atoms with Gasteiger partial charge in [0.05, 0.1) is 18.3 Å². The number of nitrogens with zero attached hydrogens (tertiary/aromatic N) is 3. The van der Waals surface area contributed by atoms with Gasteiger partial charge in [0.2, 0.25) is 5.91 Å². The molecule has 1 aromatic heterocycles. The summed E-state index contributed by atoms with van der Waals surface area (Å²) in [6.45, 7) is 2.59. The van der Waals surface area contributed by atoms with Crippen molar-refractivity contribution in [3.05, 3.63) is 77.4 Å². The smallest absolute Gasteiger partial charge is 0.230 e. The van der Waals surface area contributed by atoms with Gasteiger partial charge in [-0.2, -0.15) is 0 Å². The van der Waals surface area contributed by atoms with Crippen molar-refractivity contribution in [1.82, 2.24) is 20.1 Å². The van der Waals surface area contributed by atoms with E-state index in [-0.39, 0.29) is 23.5 Å². The quantitative estimate of drug-likeness (QED) is 0.562. The number of thioether (sulfide) groups is 1. The molecule has 0 radical (unpaired) electrons. The summed E-state index contributed by atoms with van der Waals surface area (Å²) in [4.78, 5) is 12.4. The van der Waals surface area contributed by atoms with Crippen LogP contribution in [0, 0.1) is 5.82 Å². The molecule has 1 amide bonds. The number of hydrogen-bond donors (Lipinski definition) is 1. The topological polar surface area (TPSA) is 59.8 Å². The third-order valence-corrected chi connectivity index (χ3v) is 5.92. The van der Waals surface area contributed by atoms with E-state index in [9.17, 15) is 9.18 Å². The number of benzene rings is 2. The third kappa shape index (κ3) is 5.03. The van der Waals surface area contributed by atoms with Gasteiger partial charge in [0.25, 0.3) is 0 Å². The molecule has 7 heteroatoms. The molecule has 5 nitrogen and oxygen atoms in total. The molecule has 4 rings (SSSR count). The zero-order valence-electron chi connectivity index (χ0n) is 16.2. The minimum absolute atomic E-state index is 0.0888. The molecule has 1 aliphatic carbocycles. The minimum Gasteiger partial charge on any atom is -0.349 e. The highest BCUT2D eigenvalue weighted by molar-refractivity contribution is 7.99. The summed E-state index contributed by atoms with van der Waals surface area (Å²) in [7, 11) is 0. The van der Waals surface area contributed by atoms with Crippen LogP contribution in [0.25, 0.3) is 0 Å². The fourth-order valence-electron chi connectivity index (χ4n) is 3.21. The summed E-state index contributed by atoms with van der Waals surface area (Å²) < 4.78 is 15.2. The van der Waals surface area contributed by atoms with Crippen molar-refractivity contribution >= 4 is 17.7 Å². The molecule has 29 heavy (non-hydrogen) atoms. The Balaban J connectivity index is 1.40. The lowest BCUT2D eigenvalue weighted by atomic mass is 10.1. The van der Waals surface area contributed by atoms with Crippen molar-refractivity contribution < 1.29 is 9.18 Å². The Morgan fingerprint density at radius 2 is 1.90 bits per heavy atom. The highest BCUT2D eigenvalue weighted by Gasteiger charge is 2.30. The second-order valence-electron chi connectivity index (χ2n) is 7.32. The van der Waals surface area contributed by atoms with E-state index in [1.807, 2.05) is 25.1 Å². The first-order valence-corrected chi connectivity index (χ1v) is 10.7. The van der Waals surface area contributed by atoms with E-state index in [2.05, 4.69) is 32.2 Å². The molecule has 1 N–H and O–H groups in total. The van der Waals surface area contributed by atoms with Gasteiger partial charge in [-0.25, -0.2) is 4.39 Å². The normalized spacial score (nSPS) is 14.6. The first kappa shape index (κ1) is 19.6. The first-order valence-electron chi connectivity index (χ1n) is 9.75. The number of rotatable bonds is 8. The molecule has 0 saturated heterocycles. The molecule has 1 aliphatic rings. The maximum Gasteiger partial charge on any atom is 0.230 e. The van der Waals surface area contributed by atoms with Crippen LogP contribution < -0.4 is 5.32 Å². The summed E-state index contributed by atoms with van der Waals surface area (Å²) in [6, 6.07) is 16.2. The molecule has 1 fully saturated rings. The number of carbonyl (C=O) groups is 1. The number of nitrogens with one attached hydrogen (secondary N) is 1. The molecule has 2 aromatic carbocycles. The maximum absolute atomic E-state index is 13.1. The number of halogens is 1. The van der Waals surface area contributed by atoms with Gasteiger partial charge in [0.1, 0.15) is 11.6 Å². The Hall–Kier alpha value is -2.67. The molecular formula is C22H23FN4OS. The van der Waals surface area contributed by atoms with E-state index in [4.69, 9.17) is 0 Å². The molecule has 0 aliphatic heterocycles. The van der Waals surface area contributed by atoms with Crippen molar-refractivity contribution in [2.45, 2.75) is 43.4 Å². The SMILES string of the molecule is C[C@@H](NC(=O)CSc1nnc(C2CC2)n1Cc1ccccc1)c1ccc(F)cc1. The Bertz CT molecular complexity index is 970. The van der Waals surface area contributed by atoms with Gasteiger partial charge >= 0.3 is 0 Å². The highest BCUT2D eigenvalue weighted by atomic mass is 32.2. The Labute approximate surface area is 173 Å². The van der Waals surface area contributed by atoms with Gasteiger partial charge < -0.3 is 9.88 Å². The molecule has 0 unspecified atom stereocenters. The molecule has 150 valence electrons. The van der Waals surface area contributed by atoms with Crippen LogP contribution in [0.5, 0.6) is 0 Å². The fraction of sp³-hybridized carbons (Fsp3) is 0.318. The van der Waals surface area contributed by atoms with Crippen molar-refractivity contribution in [1.29, 1.82) is 0 Å². The second kappa shape index (κ2) is 8.78. The van der Waals surface area contributed by atoms with E-state index < -0.39 is 0 Å². The lowest BCUT2D eigenvalue weighted by Crippen LogP contribution is -2.28. The Morgan fingerprint density at radius 1 is 1.17 bits per heavy atom. The van der Waals surface area contributed by atoms with Crippen LogP contribution in [0.1, 0.15) is 48.7 Å². The van der Waals surface area contributed by atoms with Crippen LogP contribution in [-0.2, 0) is 11.3 Å². The van der Waals surface area contributed by atoms with Crippen molar-refractivity contribution in [3.8, 4) is 0 Å². The van der Waals surface area contributed by atoms with Gasteiger partial charge in [-0.05, 0) is 43.0 Å². The summed E-state index contributed by atoms with van der Waals surface area (Å²) in [6.07, 6.45) is 2.29. The molecule has 1 heterocycles. The standard InChI is InChI=1S/C22H23FN4OS/c1-15(17-9-11-19(23)12-10-17)24-20(28)14-29-22-26-25-21(18-7-8-18)27(22)13-16-5-3-2-4-6-16/h2-6,9-12,15,18H,7-8,13-14H2,1H3,(H,24,28)/t15-/m1/s1. The number of aromatic nitrogens is 3. The molecular weight excluding hydrogens is 387 g/mol. The average Bonchev–Trinajstić information content (AvgIpc) is 3.49. The molecule has 3 aromatic rings. The second-order valence-corrected chi connectivity index (χ2v) is 8.26. The van der Waals surface area contributed by atoms with Crippen LogP contribution in [0.3, 0.4) is 0 Å². The van der Waals surface area contributed by atoms with E-state index in [1.165, 1.54) is 29.5 Å². The predicted molar refractivity (Wildman–Crippen MR) is 111 cm³/mol. The lowest BCUT2D eigenvalue weighted by molar-refractivity contribution is -0.119. The lowest BCUT2D eigenvalue weighted by Gasteiger charge is -2.14. The summed E-state index contributed by atoms with van der Waals surface area (Å²) in [5.74, 6) is 1.37. The molecule has 1 saturated carbocycles. The van der Waals surface area contributed by atoms with Gasteiger partial charge in [-0.1, -0.05) is 54.2 Å². The van der Waals surface area contributed by atoms with Crippen LogP contribution in [0.4, 0.5) is 4.39 Å². The largest absolute Gasteiger partial charge is 0.349 e.